The quantitative estimate of drug-likeness (QED) is 0.668. The molecule has 3 rings (SSSR count). The molecule has 136 valence electrons. The Morgan fingerprint density at radius 3 is 2.96 bits per heavy atom. The van der Waals surface area contributed by atoms with Gasteiger partial charge < -0.3 is 15.2 Å². The first-order valence-corrected chi connectivity index (χ1v) is 8.49. The Kier molecular flexibility index (Phi) is 5.31. The first-order chi connectivity index (χ1) is 12.6. The molecule has 2 aromatic heterocycles. The van der Waals surface area contributed by atoms with Crippen LogP contribution in [0.1, 0.15) is 40.2 Å². The van der Waals surface area contributed by atoms with E-state index >= 15 is 0 Å². The van der Waals surface area contributed by atoms with E-state index in [2.05, 4.69) is 27.1 Å². The van der Waals surface area contributed by atoms with Gasteiger partial charge >= 0.3 is 0 Å². The lowest BCUT2D eigenvalue weighted by atomic mass is 10.0. The first kappa shape index (κ1) is 17.7. The molecule has 0 saturated heterocycles. The molecule has 0 fully saturated rings. The molecule has 1 aliphatic rings. The maximum atomic E-state index is 12.6. The van der Waals surface area contributed by atoms with Gasteiger partial charge in [0, 0.05) is 49.5 Å². The molecule has 0 atom stereocenters. The van der Waals surface area contributed by atoms with E-state index in [0.717, 1.165) is 17.0 Å². The number of amides is 2. The number of carbonyl (C=O) groups excluding carboxylic acids is 2. The lowest BCUT2D eigenvalue weighted by Gasteiger charge is -2.27. The molecule has 0 unspecified atom stereocenters. The van der Waals surface area contributed by atoms with Gasteiger partial charge in [-0.05, 0) is 12.5 Å². The molecule has 26 heavy (non-hydrogen) atoms. The van der Waals surface area contributed by atoms with Gasteiger partial charge in [-0.2, -0.15) is 5.10 Å². The van der Waals surface area contributed by atoms with Crippen LogP contribution >= 0.6 is 0 Å². The minimum absolute atomic E-state index is 0.0568. The minimum Gasteiger partial charge on any atom is -0.350 e. The Bertz CT molecular complexity index is 863. The van der Waals surface area contributed by atoms with Crippen LogP contribution in [-0.4, -0.2) is 38.4 Å². The normalized spacial score (nSPS) is 13.2. The van der Waals surface area contributed by atoms with Crippen LogP contribution in [0.2, 0.25) is 0 Å². The second-order valence-electron chi connectivity index (χ2n) is 6.15. The van der Waals surface area contributed by atoms with Crippen molar-refractivity contribution in [1.29, 1.82) is 0 Å². The molecule has 0 spiro atoms. The summed E-state index contributed by atoms with van der Waals surface area (Å²) in [6.07, 6.45) is 4.83. The van der Waals surface area contributed by atoms with Gasteiger partial charge in [0.15, 0.2) is 0 Å². The van der Waals surface area contributed by atoms with Gasteiger partial charge in [-0.1, -0.05) is 6.08 Å². The predicted octanol–water partition coefficient (Wildman–Crippen LogP) is 0.879. The molecule has 3 N–H and O–H groups in total. The molecule has 0 radical (unpaired) electrons. The average Bonchev–Trinajstić information content (AvgIpc) is 3.07. The monoisotopic (exact) mass is 355 g/mol. The summed E-state index contributed by atoms with van der Waals surface area (Å²) in [5.74, 6) is -0.201. The largest absolute Gasteiger partial charge is 0.350 e. The summed E-state index contributed by atoms with van der Waals surface area (Å²) in [6, 6.07) is 2.86. The van der Waals surface area contributed by atoms with E-state index < -0.39 is 0 Å². The van der Waals surface area contributed by atoms with Crippen LogP contribution in [0.25, 0.3) is 0 Å². The van der Waals surface area contributed by atoms with Crippen LogP contribution in [0.3, 0.4) is 0 Å². The SMILES string of the molecule is C=CCCC(=O)NCc1n[nH]c2c1CN(C(=O)c1ccc(=O)[nH]c1)CC2. The molecule has 2 amide bonds. The highest BCUT2D eigenvalue weighted by atomic mass is 16.2. The number of nitrogens with one attached hydrogen (secondary N) is 3. The predicted molar refractivity (Wildman–Crippen MR) is 95.4 cm³/mol. The first-order valence-electron chi connectivity index (χ1n) is 8.49. The summed E-state index contributed by atoms with van der Waals surface area (Å²) in [4.78, 5) is 39.8. The third-order valence-electron chi connectivity index (χ3n) is 4.37. The van der Waals surface area contributed by atoms with E-state index in [-0.39, 0.29) is 17.4 Å². The van der Waals surface area contributed by atoms with Crippen molar-refractivity contribution in [3.63, 3.8) is 0 Å². The number of pyridine rings is 1. The second-order valence-corrected chi connectivity index (χ2v) is 6.15. The van der Waals surface area contributed by atoms with Crippen LogP contribution in [0.15, 0.2) is 35.8 Å². The van der Waals surface area contributed by atoms with Crippen LogP contribution < -0.4 is 10.9 Å². The van der Waals surface area contributed by atoms with Gasteiger partial charge in [-0.15, -0.1) is 6.58 Å². The summed E-state index contributed by atoms with van der Waals surface area (Å²) < 4.78 is 0. The fraction of sp³-hybridized carbons (Fsp3) is 0.333. The van der Waals surface area contributed by atoms with Gasteiger partial charge in [0.1, 0.15) is 0 Å². The van der Waals surface area contributed by atoms with E-state index in [0.29, 0.717) is 44.5 Å². The molecule has 0 bridgehead atoms. The molecule has 8 heteroatoms. The van der Waals surface area contributed by atoms with E-state index in [9.17, 15) is 14.4 Å². The lowest BCUT2D eigenvalue weighted by Crippen LogP contribution is -2.36. The Labute approximate surface area is 150 Å². The Morgan fingerprint density at radius 1 is 1.38 bits per heavy atom. The highest BCUT2D eigenvalue weighted by molar-refractivity contribution is 5.94. The fourth-order valence-electron chi connectivity index (χ4n) is 2.90. The number of rotatable bonds is 6. The highest BCUT2D eigenvalue weighted by Gasteiger charge is 2.26. The molecule has 8 nitrogen and oxygen atoms in total. The summed E-state index contributed by atoms with van der Waals surface area (Å²) in [7, 11) is 0. The summed E-state index contributed by atoms with van der Waals surface area (Å²) in [6.45, 7) is 4.91. The third kappa shape index (κ3) is 3.90. The minimum atomic E-state index is -0.244. The highest BCUT2D eigenvalue weighted by Crippen LogP contribution is 2.21. The van der Waals surface area contributed by atoms with Gasteiger partial charge in [0.2, 0.25) is 11.5 Å². The third-order valence-corrected chi connectivity index (χ3v) is 4.37. The maximum Gasteiger partial charge on any atom is 0.255 e. The number of allylic oxidation sites excluding steroid dienone is 1. The Balaban J connectivity index is 1.67. The number of H-pyrrole nitrogens is 2. The molecule has 0 aliphatic carbocycles. The topological polar surface area (TPSA) is 111 Å². The number of hydrogen-bond donors (Lipinski definition) is 3. The molecular formula is C18H21N5O3. The number of carbonyl (C=O) groups is 2. The van der Waals surface area contributed by atoms with Gasteiger partial charge in [0.25, 0.3) is 5.91 Å². The van der Waals surface area contributed by atoms with E-state index in [1.165, 1.54) is 18.3 Å². The van der Waals surface area contributed by atoms with Crippen molar-refractivity contribution >= 4 is 11.8 Å². The average molecular weight is 355 g/mol. The van der Waals surface area contributed by atoms with Gasteiger partial charge in [-0.25, -0.2) is 0 Å². The van der Waals surface area contributed by atoms with E-state index in [1.54, 1.807) is 11.0 Å². The summed E-state index contributed by atoms with van der Waals surface area (Å²) in [5.41, 5.74) is 2.87. The zero-order valence-corrected chi connectivity index (χ0v) is 14.4. The number of fused-ring (bicyclic) bond motifs is 1. The van der Waals surface area contributed by atoms with Gasteiger partial charge in [0.05, 0.1) is 17.8 Å². The maximum absolute atomic E-state index is 12.6. The molecule has 2 aromatic rings. The molecule has 0 saturated carbocycles. The molecular weight excluding hydrogens is 334 g/mol. The zero-order chi connectivity index (χ0) is 18.5. The van der Waals surface area contributed by atoms with Crippen molar-refractivity contribution in [2.45, 2.75) is 32.4 Å². The molecule has 1 aliphatic heterocycles. The number of aromatic nitrogens is 3. The van der Waals surface area contributed by atoms with Crippen molar-refractivity contribution < 1.29 is 9.59 Å². The van der Waals surface area contributed by atoms with Crippen molar-refractivity contribution in [3.8, 4) is 0 Å². The van der Waals surface area contributed by atoms with Crippen molar-refractivity contribution in [2.75, 3.05) is 6.54 Å². The van der Waals surface area contributed by atoms with Crippen molar-refractivity contribution in [1.82, 2.24) is 25.4 Å². The van der Waals surface area contributed by atoms with E-state index in [1.807, 2.05) is 0 Å². The van der Waals surface area contributed by atoms with Crippen LogP contribution in [0.5, 0.6) is 0 Å². The Hall–Kier alpha value is -3.16. The Morgan fingerprint density at radius 2 is 2.23 bits per heavy atom. The van der Waals surface area contributed by atoms with Crippen molar-refractivity contribution in [3.05, 3.63) is 63.9 Å². The molecule has 0 aromatic carbocycles. The van der Waals surface area contributed by atoms with Crippen LogP contribution in [-0.2, 0) is 24.3 Å². The standard InChI is InChI=1S/C18H21N5O3/c1-2-3-4-16(24)20-10-15-13-11-23(8-7-14(13)21-22-15)18(26)12-5-6-17(25)19-9-12/h2,5-6,9H,1,3-4,7-8,10-11H2,(H,19,25)(H,20,24)(H,21,22). The van der Waals surface area contributed by atoms with E-state index in [4.69, 9.17) is 0 Å². The molecule has 3 heterocycles. The van der Waals surface area contributed by atoms with Gasteiger partial charge in [-0.3, -0.25) is 19.5 Å². The number of hydrogen-bond acceptors (Lipinski definition) is 4. The van der Waals surface area contributed by atoms with Crippen LogP contribution in [0.4, 0.5) is 0 Å². The summed E-state index contributed by atoms with van der Waals surface area (Å²) in [5, 5.41) is 10.1. The summed E-state index contributed by atoms with van der Waals surface area (Å²) >= 11 is 0. The van der Waals surface area contributed by atoms with Crippen molar-refractivity contribution in [2.24, 2.45) is 0 Å². The lowest BCUT2D eigenvalue weighted by molar-refractivity contribution is -0.121. The zero-order valence-electron chi connectivity index (χ0n) is 14.4. The fourth-order valence-corrected chi connectivity index (χ4v) is 2.90. The van der Waals surface area contributed by atoms with Crippen LogP contribution in [0, 0.1) is 0 Å². The smallest absolute Gasteiger partial charge is 0.255 e. The second kappa shape index (κ2) is 7.81. The number of aromatic amines is 2. The number of nitrogens with zero attached hydrogens (tertiary/aromatic N) is 2.